The number of ether oxygens (including phenoxy) is 2. The Labute approximate surface area is 194 Å². The molecule has 0 fully saturated rings. The zero-order valence-corrected chi connectivity index (χ0v) is 19.6. The third kappa shape index (κ3) is 7.57. The average molecular weight is 460 g/mol. The van der Waals surface area contributed by atoms with Crippen LogP contribution in [0.3, 0.4) is 0 Å². The van der Waals surface area contributed by atoms with Crippen molar-refractivity contribution >= 4 is 29.6 Å². The van der Waals surface area contributed by atoms with Crippen molar-refractivity contribution in [1.82, 2.24) is 10.7 Å². The predicted octanol–water partition coefficient (Wildman–Crippen LogP) is 4.43. The van der Waals surface area contributed by atoms with Gasteiger partial charge >= 0.3 is 0 Å². The van der Waals surface area contributed by atoms with Crippen LogP contribution in [0.15, 0.2) is 47.6 Å². The van der Waals surface area contributed by atoms with Crippen molar-refractivity contribution in [1.29, 1.82) is 0 Å². The molecule has 0 heterocycles. The second-order valence-corrected chi connectivity index (χ2v) is 7.86. The molecule has 0 bridgehead atoms. The molecule has 1 unspecified atom stereocenters. The minimum absolute atomic E-state index is 0.145. The van der Waals surface area contributed by atoms with Crippen LogP contribution in [0, 0.1) is 5.92 Å². The molecule has 0 aliphatic heterocycles. The highest BCUT2D eigenvalue weighted by Gasteiger charge is 2.24. The maximum absolute atomic E-state index is 12.6. The van der Waals surface area contributed by atoms with Gasteiger partial charge in [-0.3, -0.25) is 9.59 Å². The number of nitrogens with zero attached hydrogens (tertiary/aromatic N) is 1. The summed E-state index contributed by atoms with van der Waals surface area (Å²) in [6, 6.07) is 11.2. The average Bonchev–Trinajstić information content (AvgIpc) is 2.76. The molecule has 2 rings (SSSR count). The first-order chi connectivity index (χ1) is 15.3. The van der Waals surface area contributed by atoms with Crippen LogP contribution < -0.4 is 20.2 Å². The van der Waals surface area contributed by atoms with Crippen molar-refractivity contribution in [2.45, 2.75) is 40.2 Å². The van der Waals surface area contributed by atoms with Gasteiger partial charge in [-0.1, -0.05) is 38.4 Å². The Hall–Kier alpha value is -3.06. The molecular formula is C24H30ClN3O4. The highest BCUT2D eigenvalue weighted by Crippen LogP contribution is 2.28. The third-order valence-electron chi connectivity index (χ3n) is 4.44. The lowest BCUT2D eigenvalue weighted by Crippen LogP contribution is -2.48. The van der Waals surface area contributed by atoms with Crippen LogP contribution in [0.1, 0.15) is 50.0 Å². The first kappa shape index (κ1) is 25.2. The zero-order valence-electron chi connectivity index (χ0n) is 18.9. The third-order valence-corrected chi connectivity index (χ3v) is 4.68. The van der Waals surface area contributed by atoms with E-state index in [1.165, 1.54) is 6.21 Å². The summed E-state index contributed by atoms with van der Waals surface area (Å²) in [5, 5.41) is 7.23. The Kier molecular flexibility index (Phi) is 10.0. The van der Waals surface area contributed by atoms with Gasteiger partial charge in [0.1, 0.15) is 6.04 Å². The quantitative estimate of drug-likeness (QED) is 0.384. The number of hydrogen-bond donors (Lipinski definition) is 2. The molecule has 2 N–H and O–H groups in total. The summed E-state index contributed by atoms with van der Waals surface area (Å²) >= 11 is 5.95. The monoisotopic (exact) mass is 459 g/mol. The molecule has 0 radical (unpaired) electrons. The fraction of sp³-hybridized carbons (Fsp3) is 0.375. The van der Waals surface area contributed by atoms with E-state index in [0.29, 0.717) is 35.3 Å². The Morgan fingerprint density at radius 1 is 1.09 bits per heavy atom. The maximum atomic E-state index is 12.6. The Balaban J connectivity index is 2.04. The summed E-state index contributed by atoms with van der Waals surface area (Å²) in [5.41, 5.74) is 3.62. The van der Waals surface area contributed by atoms with Crippen molar-refractivity contribution in [3.05, 3.63) is 58.6 Å². The predicted molar refractivity (Wildman–Crippen MR) is 127 cm³/mol. The van der Waals surface area contributed by atoms with Crippen molar-refractivity contribution in [3.63, 3.8) is 0 Å². The van der Waals surface area contributed by atoms with Crippen molar-refractivity contribution in [3.8, 4) is 11.5 Å². The number of hydrazone groups is 1. The standard InChI is InChI=1S/C24H30ClN3O4/c1-5-12-32-20-11-10-17(13-21(20)31-6-2)15-26-28-24(30)22(16(3)4)27-23(29)18-8-7-9-19(25)14-18/h7-11,13-16,22H,5-6,12H2,1-4H3,(H,27,29)(H,28,30)/b26-15-. The lowest BCUT2D eigenvalue weighted by molar-refractivity contribution is -0.123. The number of nitrogens with one attached hydrogen (secondary N) is 2. The number of benzene rings is 2. The van der Waals surface area contributed by atoms with Crippen molar-refractivity contribution in [2.24, 2.45) is 11.0 Å². The van der Waals surface area contributed by atoms with E-state index in [0.717, 1.165) is 12.0 Å². The summed E-state index contributed by atoms with van der Waals surface area (Å²) in [6.45, 7) is 8.72. The number of carbonyl (C=O) groups excluding carboxylic acids is 2. The summed E-state index contributed by atoms with van der Waals surface area (Å²) in [6.07, 6.45) is 2.41. The smallest absolute Gasteiger partial charge is 0.262 e. The van der Waals surface area contributed by atoms with Gasteiger partial charge in [-0.15, -0.1) is 0 Å². The van der Waals surface area contributed by atoms with Gasteiger partial charge in [-0.05, 0) is 61.2 Å². The van der Waals surface area contributed by atoms with Gasteiger partial charge in [0.05, 0.1) is 19.4 Å². The Bertz CT molecular complexity index is 947. The van der Waals surface area contributed by atoms with Gasteiger partial charge < -0.3 is 14.8 Å². The molecule has 7 nitrogen and oxygen atoms in total. The van der Waals surface area contributed by atoms with E-state index < -0.39 is 11.9 Å². The fourth-order valence-electron chi connectivity index (χ4n) is 2.83. The molecule has 2 aromatic carbocycles. The second kappa shape index (κ2) is 12.7. The van der Waals surface area contributed by atoms with Gasteiger partial charge in [0.15, 0.2) is 11.5 Å². The molecule has 172 valence electrons. The van der Waals surface area contributed by atoms with Crippen LogP contribution in [0.2, 0.25) is 5.02 Å². The molecule has 2 aromatic rings. The lowest BCUT2D eigenvalue weighted by Gasteiger charge is -2.20. The molecule has 0 spiro atoms. The minimum Gasteiger partial charge on any atom is -0.490 e. The van der Waals surface area contributed by atoms with Crippen molar-refractivity contribution < 1.29 is 19.1 Å². The summed E-state index contributed by atoms with van der Waals surface area (Å²) in [7, 11) is 0. The van der Waals surface area contributed by atoms with Crippen LogP contribution >= 0.6 is 11.6 Å². The van der Waals surface area contributed by atoms with Gasteiger partial charge in [0.2, 0.25) is 0 Å². The number of halogens is 1. The highest BCUT2D eigenvalue weighted by molar-refractivity contribution is 6.31. The largest absolute Gasteiger partial charge is 0.490 e. The molecule has 1 atom stereocenters. The Morgan fingerprint density at radius 3 is 2.53 bits per heavy atom. The molecular weight excluding hydrogens is 430 g/mol. The first-order valence-corrected chi connectivity index (χ1v) is 11.0. The maximum Gasteiger partial charge on any atom is 0.262 e. The minimum atomic E-state index is -0.762. The summed E-state index contributed by atoms with van der Waals surface area (Å²) < 4.78 is 11.3. The molecule has 0 saturated heterocycles. The summed E-state index contributed by atoms with van der Waals surface area (Å²) in [4.78, 5) is 25.1. The number of hydrogen-bond acceptors (Lipinski definition) is 5. The van der Waals surface area contributed by atoms with E-state index in [1.54, 1.807) is 30.3 Å². The molecule has 0 aliphatic carbocycles. The van der Waals surface area contributed by atoms with E-state index >= 15 is 0 Å². The number of amides is 2. The van der Waals surface area contributed by atoms with Crippen LogP contribution in [0.5, 0.6) is 11.5 Å². The van der Waals surface area contributed by atoms with Crippen LogP contribution in [-0.4, -0.2) is 37.3 Å². The van der Waals surface area contributed by atoms with Crippen LogP contribution in [-0.2, 0) is 4.79 Å². The van der Waals surface area contributed by atoms with E-state index in [-0.39, 0.29) is 11.8 Å². The van der Waals surface area contributed by atoms with E-state index in [2.05, 4.69) is 15.8 Å². The summed E-state index contributed by atoms with van der Waals surface area (Å²) in [5.74, 6) is 0.338. The molecule has 0 aromatic heterocycles. The van der Waals surface area contributed by atoms with E-state index in [1.807, 2.05) is 39.8 Å². The lowest BCUT2D eigenvalue weighted by atomic mass is 10.0. The van der Waals surface area contributed by atoms with E-state index in [9.17, 15) is 9.59 Å². The first-order valence-electron chi connectivity index (χ1n) is 10.6. The zero-order chi connectivity index (χ0) is 23.5. The normalized spacial score (nSPS) is 11.9. The molecule has 0 saturated carbocycles. The van der Waals surface area contributed by atoms with Crippen molar-refractivity contribution in [2.75, 3.05) is 13.2 Å². The Morgan fingerprint density at radius 2 is 1.88 bits per heavy atom. The van der Waals surface area contributed by atoms with Gasteiger partial charge in [0.25, 0.3) is 11.8 Å². The molecule has 2 amide bonds. The number of carbonyl (C=O) groups is 2. The molecule has 8 heteroatoms. The van der Waals surface area contributed by atoms with Gasteiger partial charge in [-0.25, -0.2) is 5.43 Å². The highest BCUT2D eigenvalue weighted by atomic mass is 35.5. The topological polar surface area (TPSA) is 89.0 Å². The van der Waals surface area contributed by atoms with Crippen LogP contribution in [0.25, 0.3) is 0 Å². The van der Waals surface area contributed by atoms with E-state index in [4.69, 9.17) is 21.1 Å². The number of rotatable bonds is 11. The second-order valence-electron chi connectivity index (χ2n) is 7.43. The molecule has 0 aliphatic rings. The fourth-order valence-corrected chi connectivity index (χ4v) is 3.02. The van der Waals surface area contributed by atoms with Gasteiger partial charge in [0, 0.05) is 10.6 Å². The molecule has 32 heavy (non-hydrogen) atoms. The SMILES string of the molecule is CCCOc1ccc(/C=N\NC(=O)C(NC(=O)c2cccc(Cl)c2)C(C)C)cc1OCC. The van der Waals surface area contributed by atoms with Crippen LogP contribution in [0.4, 0.5) is 0 Å². The van der Waals surface area contributed by atoms with Gasteiger partial charge in [-0.2, -0.15) is 5.10 Å².